The van der Waals surface area contributed by atoms with Crippen molar-refractivity contribution >= 4 is 5.91 Å². The van der Waals surface area contributed by atoms with E-state index < -0.39 is 0 Å². The molecule has 0 bridgehead atoms. The van der Waals surface area contributed by atoms with Gasteiger partial charge in [0.2, 0.25) is 0 Å². The molecule has 0 unspecified atom stereocenters. The van der Waals surface area contributed by atoms with Crippen LogP contribution < -0.4 is 5.32 Å². The Morgan fingerprint density at radius 2 is 2.32 bits per heavy atom. The zero-order valence-corrected chi connectivity index (χ0v) is 12.6. The van der Waals surface area contributed by atoms with Gasteiger partial charge in [-0.1, -0.05) is 5.16 Å². The maximum absolute atomic E-state index is 12.4. The molecule has 2 aromatic heterocycles. The molecule has 1 aliphatic rings. The van der Waals surface area contributed by atoms with Gasteiger partial charge < -0.3 is 19.1 Å². The number of hydrogen-bond donors (Lipinski definition) is 1. The lowest BCUT2D eigenvalue weighted by Gasteiger charge is -2.30. The van der Waals surface area contributed by atoms with Crippen molar-refractivity contribution in [2.24, 2.45) is 5.92 Å². The lowest BCUT2D eigenvalue weighted by molar-refractivity contribution is 0.0497. The highest BCUT2D eigenvalue weighted by atomic mass is 16.5. The van der Waals surface area contributed by atoms with Gasteiger partial charge in [0.25, 0.3) is 5.91 Å². The first-order valence-electron chi connectivity index (χ1n) is 7.59. The third-order valence-corrected chi connectivity index (χ3v) is 4.06. The van der Waals surface area contributed by atoms with E-state index in [-0.39, 0.29) is 17.6 Å². The largest absolute Gasteiger partial charge is 0.381 e. The number of nitrogens with zero attached hydrogens (tertiary/aromatic N) is 3. The third-order valence-electron chi connectivity index (χ3n) is 4.06. The first kappa shape index (κ1) is 14.8. The van der Waals surface area contributed by atoms with Crippen molar-refractivity contribution < 1.29 is 14.1 Å². The molecule has 3 heterocycles. The summed E-state index contributed by atoms with van der Waals surface area (Å²) in [5.74, 6) is 0.944. The Labute approximate surface area is 128 Å². The molecule has 3 rings (SSSR count). The molecule has 7 heteroatoms. The van der Waals surface area contributed by atoms with Gasteiger partial charge in [-0.3, -0.25) is 4.79 Å². The summed E-state index contributed by atoms with van der Waals surface area (Å²) in [4.78, 5) is 16.8. The van der Waals surface area contributed by atoms with E-state index in [0.29, 0.717) is 19.1 Å². The number of nitrogens with one attached hydrogen (secondary N) is 1. The zero-order chi connectivity index (χ0) is 15.4. The number of carbonyl (C=O) groups is 1. The second-order valence-electron chi connectivity index (χ2n) is 5.36. The Morgan fingerprint density at radius 3 is 3.00 bits per heavy atom. The summed E-state index contributed by atoms with van der Waals surface area (Å²) in [6, 6.07) is 1.41. The van der Waals surface area contributed by atoms with Crippen LogP contribution >= 0.6 is 0 Å². The van der Waals surface area contributed by atoms with Gasteiger partial charge in [-0.25, -0.2) is 4.98 Å². The fourth-order valence-corrected chi connectivity index (χ4v) is 2.85. The fourth-order valence-electron chi connectivity index (χ4n) is 2.85. The molecule has 1 aliphatic heterocycles. The predicted molar refractivity (Wildman–Crippen MR) is 78.2 cm³/mol. The lowest BCUT2D eigenvalue weighted by atomic mass is 9.91. The summed E-state index contributed by atoms with van der Waals surface area (Å²) in [6.45, 7) is 4.31. The zero-order valence-electron chi connectivity index (χ0n) is 12.6. The SMILES string of the molecule is CCn1ccnc1[C@H](NC(=O)c1ccon1)C1CCOCC1. The van der Waals surface area contributed by atoms with Crippen molar-refractivity contribution in [3.8, 4) is 0 Å². The van der Waals surface area contributed by atoms with E-state index in [9.17, 15) is 4.79 Å². The molecule has 0 spiro atoms. The summed E-state index contributed by atoms with van der Waals surface area (Å²) >= 11 is 0. The number of aromatic nitrogens is 3. The second kappa shape index (κ2) is 6.74. The number of rotatable bonds is 5. The number of amides is 1. The number of carbonyl (C=O) groups excluding carboxylic acids is 1. The summed E-state index contributed by atoms with van der Waals surface area (Å²) in [6.07, 6.45) is 6.91. The van der Waals surface area contributed by atoms with Crippen molar-refractivity contribution in [1.82, 2.24) is 20.0 Å². The van der Waals surface area contributed by atoms with Gasteiger partial charge in [-0.2, -0.15) is 0 Å². The molecule has 1 saturated heterocycles. The molecule has 7 nitrogen and oxygen atoms in total. The molecule has 22 heavy (non-hydrogen) atoms. The van der Waals surface area contributed by atoms with Crippen LogP contribution in [0.4, 0.5) is 0 Å². The summed E-state index contributed by atoms with van der Waals surface area (Å²) in [5.41, 5.74) is 0.284. The highest BCUT2D eigenvalue weighted by Crippen LogP contribution is 2.29. The van der Waals surface area contributed by atoms with Crippen LogP contribution in [0.15, 0.2) is 29.2 Å². The number of ether oxygens (including phenoxy) is 1. The molecule has 0 radical (unpaired) electrons. The Hall–Kier alpha value is -2.15. The van der Waals surface area contributed by atoms with Gasteiger partial charge in [0.15, 0.2) is 5.69 Å². The van der Waals surface area contributed by atoms with Crippen LogP contribution in [-0.4, -0.2) is 33.8 Å². The third kappa shape index (κ3) is 3.04. The van der Waals surface area contributed by atoms with E-state index in [1.165, 1.54) is 6.26 Å². The quantitative estimate of drug-likeness (QED) is 0.910. The molecule has 1 amide bonds. The lowest BCUT2D eigenvalue weighted by Crippen LogP contribution is -2.37. The molecule has 1 N–H and O–H groups in total. The van der Waals surface area contributed by atoms with Crippen LogP contribution in [0, 0.1) is 5.92 Å². The van der Waals surface area contributed by atoms with E-state index in [2.05, 4.69) is 26.9 Å². The average molecular weight is 304 g/mol. The number of hydrogen-bond acceptors (Lipinski definition) is 5. The second-order valence-corrected chi connectivity index (χ2v) is 5.36. The average Bonchev–Trinajstić information content (AvgIpc) is 3.24. The summed E-state index contributed by atoms with van der Waals surface area (Å²) < 4.78 is 12.2. The predicted octanol–water partition coefficient (Wildman–Crippen LogP) is 1.79. The number of imidazole rings is 1. The first-order valence-corrected chi connectivity index (χ1v) is 7.59. The van der Waals surface area contributed by atoms with E-state index in [1.807, 2.05) is 6.20 Å². The van der Waals surface area contributed by atoms with Crippen LogP contribution in [0.5, 0.6) is 0 Å². The Balaban J connectivity index is 1.84. The Bertz CT molecular complexity index is 602. The highest BCUT2D eigenvalue weighted by molar-refractivity contribution is 5.92. The summed E-state index contributed by atoms with van der Waals surface area (Å²) in [5, 5.41) is 6.77. The van der Waals surface area contributed by atoms with Gasteiger partial charge in [0.1, 0.15) is 12.1 Å². The van der Waals surface area contributed by atoms with Crippen LogP contribution in [0.2, 0.25) is 0 Å². The maximum atomic E-state index is 12.4. The minimum Gasteiger partial charge on any atom is -0.381 e. The van der Waals surface area contributed by atoms with Crippen molar-refractivity contribution in [2.45, 2.75) is 32.4 Å². The molecular weight excluding hydrogens is 284 g/mol. The maximum Gasteiger partial charge on any atom is 0.274 e. The Kier molecular flexibility index (Phi) is 4.53. The monoisotopic (exact) mass is 304 g/mol. The van der Waals surface area contributed by atoms with E-state index >= 15 is 0 Å². The van der Waals surface area contributed by atoms with E-state index in [0.717, 1.165) is 25.2 Å². The molecule has 1 fully saturated rings. The van der Waals surface area contributed by atoms with Gasteiger partial charge in [0, 0.05) is 38.2 Å². The first-order chi connectivity index (χ1) is 10.8. The van der Waals surface area contributed by atoms with Crippen LogP contribution in [0.1, 0.15) is 42.1 Å². The standard InChI is InChI=1S/C15H20N4O3/c1-2-19-7-6-16-14(19)13(11-3-8-21-9-4-11)17-15(20)12-5-10-22-18-12/h5-7,10-11,13H,2-4,8-9H2,1H3,(H,17,20)/t13-/m1/s1. The normalized spacial score (nSPS) is 17.3. The van der Waals surface area contributed by atoms with Crippen LogP contribution in [-0.2, 0) is 11.3 Å². The molecule has 118 valence electrons. The minimum atomic E-state index is -0.240. The molecule has 0 aliphatic carbocycles. The van der Waals surface area contributed by atoms with Crippen LogP contribution in [0.25, 0.3) is 0 Å². The molecule has 1 atom stereocenters. The van der Waals surface area contributed by atoms with Gasteiger partial charge in [-0.15, -0.1) is 0 Å². The Morgan fingerprint density at radius 1 is 1.50 bits per heavy atom. The summed E-state index contributed by atoms with van der Waals surface area (Å²) in [7, 11) is 0. The van der Waals surface area contributed by atoms with Gasteiger partial charge in [0.05, 0.1) is 6.04 Å². The van der Waals surface area contributed by atoms with E-state index in [1.54, 1.807) is 12.3 Å². The minimum absolute atomic E-state index is 0.150. The van der Waals surface area contributed by atoms with Gasteiger partial charge in [-0.05, 0) is 25.7 Å². The molecule has 2 aromatic rings. The van der Waals surface area contributed by atoms with E-state index in [4.69, 9.17) is 9.26 Å². The molecule has 0 aromatic carbocycles. The van der Waals surface area contributed by atoms with Crippen molar-refractivity contribution in [1.29, 1.82) is 0 Å². The van der Waals surface area contributed by atoms with Crippen LogP contribution in [0.3, 0.4) is 0 Å². The molecule has 0 saturated carbocycles. The smallest absolute Gasteiger partial charge is 0.274 e. The molecular formula is C15H20N4O3. The number of aryl methyl sites for hydroxylation is 1. The fraction of sp³-hybridized carbons (Fsp3) is 0.533. The topological polar surface area (TPSA) is 82.2 Å². The van der Waals surface area contributed by atoms with Crippen molar-refractivity contribution in [3.63, 3.8) is 0 Å². The van der Waals surface area contributed by atoms with Crippen molar-refractivity contribution in [2.75, 3.05) is 13.2 Å². The van der Waals surface area contributed by atoms with Gasteiger partial charge >= 0.3 is 0 Å². The highest BCUT2D eigenvalue weighted by Gasteiger charge is 2.30. The van der Waals surface area contributed by atoms with Crippen molar-refractivity contribution in [3.05, 3.63) is 36.2 Å².